The molecule has 2 heterocycles. The molecular weight excluding hydrogens is 658 g/mol. The summed E-state index contributed by atoms with van der Waals surface area (Å²) in [7, 11) is 0. The van der Waals surface area contributed by atoms with Crippen molar-refractivity contribution in [2.75, 3.05) is 45.9 Å². The average molecular weight is 710 g/mol. The lowest BCUT2D eigenvalue weighted by Crippen LogP contribution is -2.52. The number of nitrogens with zero attached hydrogens (tertiary/aromatic N) is 1. The van der Waals surface area contributed by atoms with Crippen LogP contribution >= 0.6 is 0 Å². The van der Waals surface area contributed by atoms with Crippen molar-refractivity contribution in [1.82, 2.24) is 31.5 Å². The number of carbonyl (C=O) groups is 6. The van der Waals surface area contributed by atoms with Crippen LogP contribution < -0.4 is 32.3 Å². The standard InChI is InChI=1S/C36H51N7O8/c1-3-32(45)38-15-6-13-30(35(48)39-16-20-50-19-14-37)41-33(46)21-26-9-4-5-10-27(26)23-40-36(49)31(22-29-12-8-18-51-29)42-34(47)28-11-7-17-43(24-28)25(2)44/h3-5,8-10,12,18,28,30-31H,1,6-7,11,13-17,19-24,37H2,2H3,(H,38,45)(H,39,48)(H,40,49)(H,41,46)(H,42,47)/t28-,30+,31+/m1/s1. The van der Waals surface area contributed by atoms with Crippen LogP contribution in [0.2, 0.25) is 0 Å². The fourth-order valence-electron chi connectivity index (χ4n) is 5.65. The van der Waals surface area contributed by atoms with Crippen molar-refractivity contribution in [1.29, 1.82) is 0 Å². The van der Waals surface area contributed by atoms with Crippen molar-refractivity contribution in [3.8, 4) is 0 Å². The number of amides is 6. The van der Waals surface area contributed by atoms with Crippen molar-refractivity contribution in [3.05, 3.63) is 72.2 Å². The van der Waals surface area contributed by atoms with Crippen LogP contribution in [0, 0.1) is 5.92 Å². The van der Waals surface area contributed by atoms with Crippen molar-refractivity contribution < 1.29 is 37.9 Å². The summed E-state index contributed by atoms with van der Waals surface area (Å²) < 4.78 is 10.8. The monoisotopic (exact) mass is 709 g/mol. The van der Waals surface area contributed by atoms with Gasteiger partial charge in [0, 0.05) is 52.6 Å². The molecule has 1 fully saturated rings. The molecule has 7 N–H and O–H groups in total. The zero-order valence-corrected chi connectivity index (χ0v) is 29.2. The second kappa shape index (κ2) is 21.9. The van der Waals surface area contributed by atoms with Crippen LogP contribution in [0.4, 0.5) is 0 Å². The maximum atomic E-state index is 13.5. The van der Waals surface area contributed by atoms with Crippen LogP contribution in [0.1, 0.15) is 49.5 Å². The zero-order valence-electron chi connectivity index (χ0n) is 29.2. The lowest BCUT2D eigenvalue weighted by atomic mass is 9.96. The van der Waals surface area contributed by atoms with Gasteiger partial charge in [-0.15, -0.1) is 0 Å². The fraction of sp³-hybridized carbons (Fsp3) is 0.500. The van der Waals surface area contributed by atoms with Crippen molar-refractivity contribution >= 4 is 35.4 Å². The highest BCUT2D eigenvalue weighted by molar-refractivity contribution is 5.90. The first-order valence-electron chi connectivity index (χ1n) is 17.3. The summed E-state index contributed by atoms with van der Waals surface area (Å²) in [5.41, 5.74) is 6.75. The number of piperidine rings is 1. The maximum absolute atomic E-state index is 13.5. The van der Waals surface area contributed by atoms with Crippen LogP contribution in [-0.2, 0) is 52.9 Å². The molecule has 0 radical (unpaired) electrons. The van der Waals surface area contributed by atoms with E-state index >= 15 is 0 Å². The molecule has 15 nitrogen and oxygen atoms in total. The lowest BCUT2D eigenvalue weighted by Gasteiger charge is -2.32. The van der Waals surface area contributed by atoms with Gasteiger partial charge in [-0.25, -0.2) is 0 Å². The van der Waals surface area contributed by atoms with Gasteiger partial charge in [0.15, 0.2) is 0 Å². The molecule has 3 rings (SSSR count). The van der Waals surface area contributed by atoms with Gasteiger partial charge in [0.1, 0.15) is 17.8 Å². The SMILES string of the molecule is C=CC(=O)NCCC[C@H](NC(=O)Cc1ccccc1CNC(=O)[C@H](Cc1ccco1)NC(=O)[C@@H]1CCCN(C(C)=O)C1)C(=O)NCCOCCN. The largest absolute Gasteiger partial charge is 0.469 e. The fourth-order valence-corrected chi connectivity index (χ4v) is 5.65. The molecule has 0 aliphatic carbocycles. The lowest BCUT2D eigenvalue weighted by molar-refractivity contribution is -0.136. The number of likely N-dealkylation sites (tertiary alicyclic amines) is 1. The third-order valence-electron chi connectivity index (χ3n) is 8.39. The predicted molar refractivity (Wildman–Crippen MR) is 189 cm³/mol. The topological polar surface area (TPSA) is 214 Å². The predicted octanol–water partition coefficient (Wildman–Crippen LogP) is 0.0830. The second-order valence-corrected chi connectivity index (χ2v) is 12.3. The number of hydrogen-bond donors (Lipinski definition) is 6. The summed E-state index contributed by atoms with van der Waals surface area (Å²) >= 11 is 0. The number of nitrogens with two attached hydrogens (primary N) is 1. The number of rotatable bonds is 21. The molecule has 3 atom stereocenters. The van der Waals surface area contributed by atoms with E-state index in [1.165, 1.54) is 13.2 Å². The molecule has 0 spiro atoms. The Kier molecular flexibility index (Phi) is 17.4. The van der Waals surface area contributed by atoms with E-state index in [1.807, 2.05) is 0 Å². The van der Waals surface area contributed by atoms with Gasteiger partial charge in [-0.1, -0.05) is 30.8 Å². The summed E-state index contributed by atoms with van der Waals surface area (Å²) in [4.78, 5) is 78.1. The van der Waals surface area contributed by atoms with Crippen LogP contribution in [0.15, 0.2) is 59.7 Å². The number of furan rings is 1. The normalized spacial score (nSPS) is 15.2. The summed E-state index contributed by atoms with van der Waals surface area (Å²) in [6.07, 6.45) is 4.71. The molecule has 0 saturated carbocycles. The highest BCUT2D eigenvalue weighted by Crippen LogP contribution is 2.18. The van der Waals surface area contributed by atoms with Gasteiger partial charge in [0.05, 0.1) is 31.8 Å². The number of carbonyl (C=O) groups excluding carboxylic acids is 6. The van der Waals surface area contributed by atoms with Gasteiger partial charge >= 0.3 is 0 Å². The van der Waals surface area contributed by atoms with Crippen molar-refractivity contribution in [2.45, 2.75) is 64.1 Å². The van der Waals surface area contributed by atoms with E-state index in [9.17, 15) is 28.8 Å². The number of ether oxygens (including phenoxy) is 1. The summed E-state index contributed by atoms with van der Waals surface area (Å²) in [5.74, 6) is -1.88. The molecular formula is C36H51N7O8. The Morgan fingerprint density at radius 2 is 1.75 bits per heavy atom. The molecule has 1 aromatic carbocycles. The highest BCUT2D eigenvalue weighted by atomic mass is 16.5. The molecule has 1 saturated heterocycles. The minimum atomic E-state index is -0.942. The minimum absolute atomic E-state index is 0.0659. The van der Waals surface area contributed by atoms with E-state index in [-0.39, 0.29) is 62.6 Å². The van der Waals surface area contributed by atoms with Gasteiger partial charge in [0.2, 0.25) is 35.4 Å². The van der Waals surface area contributed by atoms with Gasteiger partial charge in [-0.2, -0.15) is 0 Å². The Morgan fingerprint density at radius 3 is 2.45 bits per heavy atom. The number of benzene rings is 1. The molecule has 1 aromatic heterocycles. The second-order valence-electron chi connectivity index (χ2n) is 12.3. The smallest absolute Gasteiger partial charge is 0.243 e. The van der Waals surface area contributed by atoms with Crippen LogP contribution in [0.25, 0.3) is 0 Å². The van der Waals surface area contributed by atoms with Gasteiger partial charge in [0.25, 0.3) is 0 Å². The van der Waals surface area contributed by atoms with Crippen LogP contribution in [0.5, 0.6) is 0 Å². The molecule has 15 heteroatoms. The van der Waals surface area contributed by atoms with E-state index in [4.69, 9.17) is 14.9 Å². The molecule has 0 bridgehead atoms. The first-order chi connectivity index (χ1) is 24.6. The first kappa shape index (κ1) is 40.4. The molecule has 2 aromatic rings. The third kappa shape index (κ3) is 14.4. The third-order valence-corrected chi connectivity index (χ3v) is 8.39. The highest BCUT2D eigenvalue weighted by Gasteiger charge is 2.31. The maximum Gasteiger partial charge on any atom is 0.243 e. The Labute approximate surface area is 298 Å². The van der Waals surface area contributed by atoms with E-state index in [2.05, 4.69) is 33.2 Å². The van der Waals surface area contributed by atoms with Gasteiger partial charge in [-0.05, 0) is 55.0 Å². The van der Waals surface area contributed by atoms with Crippen molar-refractivity contribution in [2.24, 2.45) is 11.7 Å². The zero-order chi connectivity index (χ0) is 37.0. The molecule has 6 amide bonds. The summed E-state index contributed by atoms with van der Waals surface area (Å²) in [6.45, 7) is 7.38. The average Bonchev–Trinajstić information content (AvgIpc) is 3.65. The Balaban J connectivity index is 1.63. The quantitative estimate of drug-likeness (QED) is 0.0764. The summed E-state index contributed by atoms with van der Waals surface area (Å²) in [5, 5.41) is 14.0. The van der Waals surface area contributed by atoms with E-state index < -0.39 is 29.8 Å². The molecule has 1 aliphatic rings. The first-order valence-corrected chi connectivity index (χ1v) is 17.3. The van der Waals surface area contributed by atoms with Crippen molar-refractivity contribution in [3.63, 3.8) is 0 Å². The molecule has 0 unspecified atom stereocenters. The van der Waals surface area contributed by atoms with Crippen LogP contribution in [-0.4, -0.2) is 98.4 Å². The Hall–Kier alpha value is -5.02. The van der Waals surface area contributed by atoms with E-state index in [0.29, 0.717) is 68.9 Å². The summed E-state index contributed by atoms with van der Waals surface area (Å²) in [6, 6.07) is 8.73. The molecule has 51 heavy (non-hydrogen) atoms. The van der Waals surface area contributed by atoms with E-state index in [1.54, 1.807) is 41.3 Å². The van der Waals surface area contributed by atoms with Crippen LogP contribution in [0.3, 0.4) is 0 Å². The minimum Gasteiger partial charge on any atom is -0.469 e. The molecule has 278 valence electrons. The number of hydrogen-bond acceptors (Lipinski definition) is 9. The Morgan fingerprint density at radius 1 is 0.980 bits per heavy atom. The Bertz CT molecular complexity index is 1470. The number of nitrogens with one attached hydrogen (secondary N) is 5. The molecule has 1 aliphatic heterocycles. The van der Waals surface area contributed by atoms with E-state index in [0.717, 1.165) is 6.08 Å². The van der Waals surface area contributed by atoms with Gasteiger partial charge in [-0.3, -0.25) is 28.8 Å². The van der Waals surface area contributed by atoms with Gasteiger partial charge < -0.3 is 46.4 Å².